The van der Waals surface area contributed by atoms with Gasteiger partial charge in [-0.15, -0.1) is 13.2 Å². The van der Waals surface area contributed by atoms with Crippen molar-refractivity contribution in [1.29, 1.82) is 0 Å². The Balaban J connectivity index is 1.90. The average Bonchev–Trinajstić information content (AvgIpc) is 2.70. The molecular formula is C22H23BrF3N5O. The summed E-state index contributed by atoms with van der Waals surface area (Å²) in [4.78, 5) is 11.1. The van der Waals surface area contributed by atoms with Gasteiger partial charge in [0, 0.05) is 28.3 Å². The molecule has 170 valence electrons. The molecule has 0 unspecified atom stereocenters. The van der Waals surface area contributed by atoms with Gasteiger partial charge < -0.3 is 20.3 Å². The van der Waals surface area contributed by atoms with Crippen molar-refractivity contribution in [2.24, 2.45) is 0 Å². The number of rotatable bonds is 9. The van der Waals surface area contributed by atoms with Gasteiger partial charge in [-0.2, -0.15) is 4.98 Å². The van der Waals surface area contributed by atoms with Crippen molar-refractivity contribution in [2.75, 3.05) is 37.8 Å². The highest BCUT2D eigenvalue weighted by Crippen LogP contribution is 2.29. The first-order valence-corrected chi connectivity index (χ1v) is 10.6. The predicted octanol–water partition coefficient (Wildman–Crippen LogP) is 5.91. The molecule has 0 fully saturated rings. The summed E-state index contributed by atoms with van der Waals surface area (Å²) in [5.41, 5.74) is 1.74. The Morgan fingerprint density at radius 1 is 1.03 bits per heavy atom. The van der Waals surface area contributed by atoms with E-state index >= 15 is 0 Å². The molecule has 0 amide bonds. The van der Waals surface area contributed by atoms with E-state index in [1.807, 2.05) is 38.4 Å². The van der Waals surface area contributed by atoms with E-state index in [4.69, 9.17) is 0 Å². The third kappa shape index (κ3) is 7.69. The Morgan fingerprint density at radius 3 is 2.53 bits per heavy atom. The average molecular weight is 510 g/mol. The molecule has 0 spiro atoms. The largest absolute Gasteiger partial charge is 0.573 e. The standard InChI is InChI=1S/C22H23BrF3N5O/c1-31(2)11-5-10-27-21-29-19(15-6-3-9-18(12-15)32-22(24,25)26)14-20(30-21)28-17-8-4-7-16(23)13-17/h3-4,6-9,12-14H,5,10-11H2,1-2H3,(H2,27,28,29,30). The normalized spacial score (nSPS) is 11.5. The minimum absolute atomic E-state index is 0.310. The van der Waals surface area contributed by atoms with Crippen LogP contribution in [0.15, 0.2) is 59.1 Å². The second-order valence-corrected chi connectivity index (χ2v) is 8.17. The lowest BCUT2D eigenvalue weighted by atomic mass is 10.1. The van der Waals surface area contributed by atoms with Crippen molar-refractivity contribution in [3.8, 4) is 17.0 Å². The van der Waals surface area contributed by atoms with Crippen molar-refractivity contribution < 1.29 is 17.9 Å². The molecule has 0 saturated carbocycles. The number of hydrogen-bond donors (Lipinski definition) is 2. The van der Waals surface area contributed by atoms with Gasteiger partial charge in [-0.1, -0.05) is 34.1 Å². The van der Waals surface area contributed by atoms with Crippen LogP contribution in [0.3, 0.4) is 0 Å². The third-order valence-electron chi connectivity index (χ3n) is 4.25. The Bertz CT molecular complexity index is 1050. The molecule has 6 nitrogen and oxygen atoms in total. The number of alkyl halides is 3. The van der Waals surface area contributed by atoms with Gasteiger partial charge in [-0.3, -0.25) is 0 Å². The minimum atomic E-state index is -4.77. The van der Waals surface area contributed by atoms with Crippen molar-refractivity contribution in [1.82, 2.24) is 14.9 Å². The van der Waals surface area contributed by atoms with Crippen LogP contribution in [0.2, 0.25) is 0 Å². The Morgan fingerprint density at radius 2 is 1.81 bits per heavy atom. The van der Waals surface area contributed by atoms with Crippen LogP contribution in [0.5, 0.6) is 5.75 Å². The number of anilines is 3. The molecule has 3 aromatic rings. The lowest BCUT2D eigenvalue weighted by Crippen LogP contribution is -2.17. The van der Waals surface area contributed by atoms with Gasteiger partial charge in [0.25, 0.3) is 0 Å². The van der Waals surface area contributed by atoms with Crippen molar-refractivity contribution in [3.05, 3.63) is 59.1 Å². The quantitative estimate of drug-likeness (QED) is 0.349. The van der Waals surface area contributed by atoms with Crippen LogP contribution in [0, 0.1) is 0 Å². The molecule has 2 N–H and O–H groups in total. The zero-order valence-corrected chi connectivity index (χ0v) is 19.2. The number of aromatic nitrogens is 2. The molecule has 1 aromatic heterocycles. The molecule has 32 heavy (non-hydrogen) atoms. The predicted molar refractivity (Wildman–Crippen MR) is 123 cm³/mol. The number of hydrogen-bond acceptors (Lipinski definition) is 6. The van der Waals surface area contributed by atoms with Gasteiger partial charge in [0.1, 0.15) is 11.6 Å². The summed E-state index contributed by atoms with van der Waals surface area (Å²) < 4.78 is 42.8. The summed E-state index contributed by atoms with van der Waals surface area (Å²) in [5.74, 6) is 0.571. The fourth-order valence-corrected chi connectivity index (χ4v) is 3.30. The van der Waals surface area contributed by atoms with Crippen LogP contribution in [0.1, 0.15) is 6.42 Å². The van der Waals surface area contributed by atoms with Gasteiger partial charge in [-0.05, 0) is 57.4 Å². The Kier molecular flexibility index (Phi) is 7.92. The van der Waals surface area contributed by atoms with Gasteiger partial charge in [0.2, 0.25) is 5.95 Å². The highest BCUT2D eigenvalue weighted by atomic mass is 79.9. The van der Waals surface area contributed by atoms with Gasteiger partial charge in [-0.25, -0.2) is 4.98 Å². The highest BCUT2D eigenvalue weighted by molar-refractivity contribution is 9.10. The van der Waals surface area contributed by atoms with Crippen LogP contribution >= 0.6 is 15.9 Å². The SMILES string of the molecule is CN(C)CCCNc1nc(Nc2cccc(Br)c2)cc(-c2cccc(OC(F)(F)F)c2)n1. The van der Waals surface area contributed by atoms with E-state index in [9.17, 15) is 13.2 Å². The van der Waals surface area contributed by atoms with Crippen LogP contribution in [0.25, 0.3) is 11.3 Å². The highest BCUT2D eigenvalue weighted by Gasteiger charge is 2.31. The summed E-state index contributed by atoms with van der Waals surface area (Å²) in [6.45, 7) is 1.54. The van der Waals surface area contributed by atoms with Crippen molar-refractivity contribution >= 4 is 33.4 Å². The second-order valence-electron chi connectivity index (χ2n) is 7.26. The van der Waals surface area contributed by atoms with E-state index in [1.54, 1.807) is 12.1 Å². The number of halogens is 4. The molecule has 0 radical (unpaired) electrons. The molecule has 0 aliphatic heterocycles. The molecular weight excluding hydrogens is 487 g/mol. The van der Waals surface area contributed by atoms with E-state index in [-0.39, 0.29) is 5.75 Å². The monoisotopic (exact) mass is 509 g/mol. The number of benzene rings is 2. The molecule has 10 heteroatoms. The summed E-state index contributed by atoms with van der Waals surface area (Å²) >= 11 is 3.43. The van der Waals surface area contributed by atoms with Gasteiger partial charge >= 0.3 is 6.36 Å². The van der Waals surface area contributed by atoms with Crippen LogP contribution in [0.4, 0.5) is 30.6 Å². The van der Waals surface area contributed by atoms with Crippen LogP contribution in [-0.4, -0.2) is 48.4 Å². The van der Waals surface area contributed by atoms with E-state index in [2.05, 4.69) is 46.2 Å². The minimum Gasteiger partial charge on any atom is -0.406 e. The lowest BCUT2D eigenvalue weighted by Gasteiger charge is -2.14. The van der Waals surface area contributed by atoms with Crippen LogP contribution < -0.4 is 15.4 Å². The zero-order valence-electron chi connectivity index (χ0n) is 17.6. The van der Waals surface area contributed by atoms with E-state index in [1.165, 1.54) is 18.2 Å². The Hall–Kier alpha value is -2.85. The first-order chi connectivity index (χ1) is 15.2. The topological polar surface area (TPSA) is 62.3 Å². The van der Waals surface area contributed by atoms with Crippen molar-refractivity contribution in [3.63, 3.8) is 0 Å². The van der Waals surface area contributed by atoms with E-state index in [0.717, 1.165) is 23.1 Å². The molecule has 3 rings (SSSR count). The summed E-state index contributed by atoms with van der Waals surface area (Å²) in [5, 5.41) is 6.41. The smallest absolute Gasteiger partial charge is 0.406 e. The maximum atomic E-state index is 12.6. The third-order valence-corrected chi connectivity index (χ3v) is 4.75. The summed E-state index contributed by atoms with van der Waals surface area (Å²) in [6.07, 6.45) is -3.89. The molecule has 2 aromatic carbocycles. The first-order valence-electron chi connectivity index (χ1n) is 9.84. The molecule has 0 bridgehead atoms. The number of nitrogens with one attached hydrogen (secondary N) is 2. The molecule has 0 atom stereocenters. The van der Waals surface area contributed by atoms with Gasteiger partial charge in [0.15, 0.2) is 0 Å². The van der Waals surface area contributed by atoms with E-state index in [0.29, 0.717) is 29.6 Å². The molecule has 0 aliphatic carbocycles. The Labute approximate surface area is 193 Å². The molecule has 0 saturated heterocycles. The first kappa shape index (κ1) is 23.8. The zero-order chi connectivity index (χ0) is 23.1. The number of nitrogens with zero attached hydrogens (tertiary/aromatic N) is 3. The number of ether oxygens (including phenoxy) is 1. The van der Waals surface area contributed by atoms with Crippen molar-refractivity contribution in [2.45, 2.75) is 12.8 Å². The van der Waals surface area contributed by atoms with Crippen LogP contribution in [-0.2, 0) is 0 Å². The maximum Gasteiger partial charge on any atom is 0.573 e. The van der Waals surface area contributed by atoms with E-state index < -0.39 is 6.36 Å². The lowest BCUT2D eigenvalue weighted by molar-refractivity contribution is -0.274. The van der Waals surface area contributed by atoms with Gasteiger partial charge in [0.05, 0.1) is 5.69 Å². The summed E-state index contributed by atoms with van der Waals surface area (Å²) in [7, 11) is 3.99. The fraction of sp³-hybridized carbons (Fsp3) is 0.273. The summed E-state index contributed by atoms with van der Waals surface area (Å²) in [6, 6.07) is 15.0. The molecule has 1 heterocycles. The second kappa shape index (κ2) is 10.6. The molecule has 0 aliphatic rings. The fourth-order valence-electron chi connectivity index (χ4n) is 2.90. The maximum absolute atomic E-state index is 12.6.